The number of nitrogens with zero attached hydrogens (tertiary/aromatic N) is 4. The van der Waals surface area contributed by atoms with E-state index in [0.29, 0.717) is 29.9 Å². The van der Waals surface area contributed by atoms with Gasteiger partial charge in [-0.3, -0.25) is 14.8 Å². The molecule has 24 heavy (non-hydrogen) atoms. The number of carbonyl (C=O) groups excluding carboxylic acids is 1. The molecule has 6 heterocycles. The summed E-state index contributed by atoms with van der Waals surface area (Å²) in [5, 5.41) is 0. The van der Waals surface area contributed by atoms with Crippen LogP contribution in [0.15, 0.2) is 35.1 Å². The average Bonchev–Trinajstić information content (AvgIpc) is 3.22. The van der Waals surface area contributed by atoms with Crippen LogP contribution in [0.2, 0.25) is 0 Å². The van der Waals surface area contributed by atoms with E-state index in [1.165, 1.54) is 6.26 Å². The Hall–Kier alpha value is -2.41. The Balaban J connectivity index is 1.42. The van der Waals surface area contributed by atoms with Gasteiger partial charge in [0.1, 0.15) is 17.6 Å². The fourth-order valence-corrected chi connectivity index (χ4v) is 4.18. The Bertz CT molecular complexity index is 769. The third-order valence-electron chi connectivity index (χ3n) is 5.41. The summed E-state index contributed by atoms with van der Waals surface area (Å²) in [4.78, 5) is 25.1. The van der Waals surface area contributed by atoms with Crippen LogP contribution < -0.4 is 4.90 Å². The van der Waals surface area contributed by atoms with E-state index in [-0.39, 0.29) is 6.09 Å². The number of oxazole rings is 1. The SMILES string of the molecule is O=C1O[C@@]2(CN3CCC2CC3)CN1c1coc(-c2ccccn2)n1. The van der Waals surface area contributed by atoms with E-state index in [1.54, 1.807) is 11.1 Å². The van der Waals surface area contributed by atoms with Crippen molar-refractivity contribution in [3.63, 3.8) is 0 Å². The quantitative estimate of drug-likeness (QED) is 0.842. The topological polar surface area (TPSA) is 71.7 Å². The monoisotopic (exact) mass is 326 g/mol. The Kier molecular flexibility index (Phi) is 2.94. The van der Waals surface area contributed by atoms with Crippen LogP contribution in [0.1, 0.15) is 12.8 Å². The van der Waals surface area contributed by atoms with Gasteiger partial charge in [-0.1, -0.05) is 6.07 Å². The molecule has 0 unspecified atom stereocenters. The van der Waals surface area contributed by atoms with Gasteiger partial charge in [0.25, 0.3) is 0 Å². The maximum atomic E-state index is 12.5. The molecule has 4 aliphatic heterocycles. The molecule has 4 fully saturated rings. The highest BCUT2D eigenvalue weighted by Gasteiger charge is 2.56. The smallest absolute Gasteiger partial charge is 0.416 e. The molecule has 0 saturated carbocycles. The van der Waals surface area contributed by atoms with E-state index in [9.17, 15) is 4.79 Å². The minimum absolute atomic E-state index is 0.329. The van der Waals surface area contributed by atoms with Crippen LogP contribution >= 0.6 is 0 Å². The Morgan fingerprint density at radius 2 is 2.08 bits per heavy atom. The van der Waals surface area contributed by atoms with Crippen molar-refractivity contribution in [1.82, 2.24) is 14.9 Å². The van der Waals surface area contributed by atoms with Crippen molar-refractivity contribution < 1.29 is 13.9 Å². The van der Waals surface area contributed by atoms with E-state index in [1.807, 2.05) is 18.2 Å². The van der Waals surface area contributed by atoms with E-state index in [4.69, 9.17) is 9.15 Å². The van der Waals surface area contributed by atoms with Crippen LogP contribution in [-0.2, 0) is 4.74 Å². The first-order valence-electron chi connectivity index (χ1n) is 8.33. The van der Waals surface area contributed by atoms with Crippen LogP contribution in [0.3, 0.4) is 0 Å². The Labute approximate surface area is 139 Å². The normalized spacial score (nSPS) is 31.7. The molecular weight excluding hydrogens is 308 g/mol. The molecule has 4 saturated heterocycles. The molecule has 2 aromatic rings. The van der Waals surface area contributed by atoms with Crippen molar-refractivity contribution in [1.29, 1.82) is 0 Å². The molecule has 7 heteroatoms. The second-order valence-corrected chi connectivity index (χ2v) is 6.80. The number of fused-ring (bicyclic) bond motifs is 2. The second kappa shape index (κ2) is 5.04. The highest BCUT2D eigenvalue weighted by Crippen LogP contribution is 2.43. The van der Waals surface area contributed by atoms with Crippen LogP contribution in [0.25, 0.3) is 11.6 Å². The van der Waals surface area contributed by atoms with E-state index >= 15 is 0 Å². The predicted octanol–water partition coefficient (Wildman–Crippen LogP) is 2.16. The number of hydrogen-bond acceptors (Lipinski definition) is 6. The highest BCUT2D eigenvalue weighted by molar-refractivity contribution is 5.89. The zero-order valence-corrected chi connectivity index (χ0v) is 13.2. The van der Waals surface area contributed by atoms with Crippen LogP contribution in [0, 0.1) is 5.92 Å². The van der Waals surface area contributed by atoms with Crippen molar-refractivity contribution in [2.45, 2.75) is 18.4 Å². The number of ether oxygens (including phenoxy) is 1. The average molecular weight is 326 g/mol. The molecule has 2 bridgehead atoms. The first kappa shape index (κ1) is 14.0. The predicted molar refractivity (Wildman–Crippen MR) is 85.5 cm³/mol. The van der Waals surface area contributed by atoms with Gasteiger partial charge < -0.3 is 9.15 Å². The maximum Gasteiger partial charge on any atom is 0.416 e. The summed E-state index contributed by atoms with van der Waals surface area (Å²) in [6.45, 7) is 3.58. The lowest BCUT2D eigenvalue weighted by Gasteiger charge is -2.49. The van der Waals surface area contributed by atoms with Crippen LogP contribution in [-0.4, -0.2) is 52.7 Å². The van der Waals surface area contributed by atoms with E-state index in [2.05, 4.69) is 14.9 Å². The largest absolute Gasteiger partial charge is 0.441 e. The van der Waals surface area contributed by atoms with Gasteiger partial charge in [0.05, 0.1) is 6.54 Å². The summed E-state index contributed by atoms with van der Waals surface area (Å²) in [6.07, 6.45) is 5.06. The van der Waals surface area contributed by atoms with Crippen molar-refractivity contribution in [2.75, 3.05) is 31.1 Å². The molecule has 0 aliphatic carbocycles. The molecule has 1 atom stereocenters. The van der Waals surface area contributed by atoms with Crippen LogP contribution in [0.5, 0.6) is 0 Å². The molecule has 1 amide bonds. The zero-order valence-electron chi connectivity index (χ0n) is 13.2. The standard InChI is InChI=1S/C17H18N4O3/c22-16-21(11-17(24-16)10-20-7-4-12(17)5-8-20)14-9-23-15(19-14)13-3-1-2-6-18-13/h1-3,6,9,12H,4-5,7-8,10-11H2/t17-/m0/s1. The van der Waals surface area contributed by atoms with Gasteiger partial charge in [-0.25, -0.2) is 4.79 Å². The first-order valence-corrected chi connectivity index (χ1v) is 8.33. The molecule has 7 nitrogen and oxygen atoms in total. The van der Waals surface area contributed by atoms with Gasteiger partial charge in [-0.2, -0.15) is 4.98 Å². The lowest BCUT2D eigenvalue weighted by Crippen LogP contribution is -2.61. The minimum atomic E-state index is -0.391. The molecule has 124 valence electrons. The molecule has 2 aromatic heterocycles. The van der Waals surface area contributed by atoms with Crippen molar-refractivity contribution in [3.8, 4) is 11.6 Å². The summed E-state index contributed by atoms with van der Waals surface area (Å²) >= 11 is 0. The van der Waals surface area contributed by atoms with Crippen LogP contribution in [0.4, 0.5) is 10.6 Å². The maximum absolute atomic E-state index is 12.5. The van der Waals surface area contributed by atoms with Crippen molar-refractivity contribution >= 4 is 11.9 Å². The molecule has 6 rings (SSSR count). The number of amides is 1. The number of carbonyl (C=O) groups is 1. The molecule has 1 spiro atoms. The van der Waals surface area contributed by atoms with Gasteiger partial charge in [0.15, 0.2) is 5.82 Å². The lowest BCUT2D eigenvalue weighted by molar-refractivity contribution is -0.0881. The number of anilines is 1. The Morgan fingerprint density at radius 3 is 2.79 bits per heavy atom. The molecular formula is C17H18N4O3. The number of hydrogen-bond donors (Lipinski definition) is 0. The summed E-state index contributed by atoms with van der Waals surface area (Å²) in [5.41, 5.74) is 0.256. The summed E-state index contributed by atoms with van der Waals surface area (Å²) in [6, 6.07) is 5.54. The van der Waals surface area contributed by atoms with E-state index in [0.717, 1.165) is 32.5 Å². The summed E-state index contributed by atoms with van der Waals surface area (Å²) in [5.74, 6) is 1.35. The van der Waals surface area contributed by atoms with Crippen molar-refractivity contribution in [3.05, 3.63) is 30.7 Å². The fraction of sp³-hybridized carbons (Fsp3) is 0.471. The zero-order chi connectivity index (χ0) is 16.1. The fourth-order valence-electron chi connectivity index (χ4n) is 4.18. The molecule has 0 aromatic carbocycles. The molecule has 4 aliphatic rings. The molecule has 0 radical (unpaired) electrons. The Morgan fingerprint density at radius 1 is 1.21 bits per heavy atom. The minimum Gasteiger partial charge on any atom is -0.441 e. The summed E-state index contributed by atoms with van der Waals surface area (Å²) in [7, 11) is 0. The van der Waals surface area contributed by atoms with Gasteiger partial charge in [-0.15, -0.1) is 0 Å². The third kappa shape index (κ3) is 2.04. The van der Waals surface area contributed by atoms with Gasteiger partial charge in [-0.05, 0) is 38.1 Å². The van der Waals surface area contributed by atoms with E-state index < -0.39 is 5.60 Å². The first-order chi connectivity index (χ1) is 11.7. The lowest BCUT2D eigenvalue weighted by atomic mass is 9.75. The number of piperidine rings is 3. The number of pyridine rings is 1. The van der Waals surface area contributed by atoms with Gasteiger partial charge >= 0.3 is 6.09 Å². The number of aromatic nitrogens is 2. The third-order valence-corrected chi connectivity index (χ3v) is 5.41. The number of rotatable bonds is 2. The second-order valence-electron chi connectivity index (χ2n) is 6.80. The summed E-state index contributed by atoms with van der Waals surface area (Å²) < 4.78 is 11.4. The van der Waals surface area contributed by atoms with Gasteiger partial charge in [0.2, 0.25) is 5.89 Å². The van der Waals surface area contributed by atoms with Crippen molar-refractivity contribution in [2.24, 2.45) is 5.92 Å². The molecule has 0 N–H and O–H groups in total. The highest BCUT2D eigenvalue weighted by atomic mass is 16.6. The van der Waals surface area contributed by atoms with Gasteiger partial charge in [0, 0.05) is 18.7 Å².